The third-order valence-electron chi connectivity index (χ3n) is 2.53. The zero-order valence-corrected chi connectivity index (χ0v) is 10.1. The van der Waals surface area contributed by atoms with Crippen LogP contribution in [0.5, 0.6) is 0 Å². The average molecular weight is 260 g/mol. The molecule has 2 aromatic heterocycles. The highest BCUT2D eigenvalue weighted by atomic mass is 32.1. The lowest BCUT2D eigenvalue weighted by Crippen LogP contribution is -1.92. The number of aromatic amines is 1. The van der Waals surface area contributed by atoms with E-state index in [0.717, 1.165) is 11.0 Å². The van der Waals surface area contributed by atoms with Crippen molar-refractivity contribution in [2.75, 3.05) is 5.32 Å². The minimum atomic E-state index is -0.353. The minimum absolute atomic E-state index is 0.285. The molecule has 2 heterocycles. The van der Waals surface area contributed by atoms with Crippen molar-refractivity contribution in [3.8, 4) is 0 Å². The van der Waals surface area contributed by atoms with Crippen LogP contribution in [0.1, 0.15) is 0 Å². The summed E-state index contributed by atoms with van der Waals surface area (Å²) in [4.78, 5) is 4.51. The molecule has 0 amide bonds. The number of hydrogen-bond donors (Lipinski definition) is 3. The van der Waals surface area contributed by atoms with E-state index in [-0.39, 0.29) is 10.7 Å². The third-order valence-corrected chi connectivity index (χ3v) is 2.87. The van der Waals surface area contributed by atoms with Gasteiger partial charge in [0, 0.05) is 16.8 Å². The van der Waals surface area contributed by atoms with Crippen molar-refractivity contribution in [1.82, 2.24) is 15.2 Å². The molecule has 0 spiro atoms. The molecule has 3 aromatic rings. The topological polar surface area (TPSA) is 53.6 Å². The lowest BCUT2D eigenvalue weighted by molar-refractivity contribution is 0.603. The maximum atomic E-state index is 13.1. The van der Waals surface area contributed by atoms with E-state index in [1.165, 1.54) is 6.07 Å². The summed E-state index contributed by atoms with van der Waals surface area (Å²) in [5, 5.41) is 10.1. The Morgan fingerprint density at radius 1 is 1.28 bits per heavy atom. The van der Waals surface area contributed by atoms with Crippen molar-refractivity contribution in [2.45, 2.75) is 4.90 Å². The van der Waals surface area contributed by atoms with E-state index >= 15 is 0 Å². The van der Waals surface area contributed by atoms with E-state index in [2.05, 4.69) is 33.1 Å². The van der Waals surface area contributed by atoms with Gasteiger partial charge in [-0.25, -0.2) is 4.39 Å². The van der Waals surface area contributed by atoms with Crippen molar-refractivity contribution >= 4 is 35.2 Å². The van der Waals surface area contributed by atoms with E-state index in [0.29, 0.717) is 11.5 Å². The zero-order chi connectivity index (χ0) is 12.5. The maximum absolute atomic E-state index is 13.1. The van der Waals surface area contributed by atoms with Crippen LogP contribution in [0.4, 0.5) is 15.9 Å². The second-order valence-corrected chi connectivity index (χ2v) is 4.24. The Morgan fingerprint density at radius 3 is 3.00 bits per heavy atom. The molecule has 0 aliphatic heterocycles. The van der Waals surface area contributed by atoms with E-state index in [4.69, 9.17) is 0 Å². The molecular weight excluding hydrogens is 251 g/mol. The van der Waals surface area contributed by atoms with Crippen LogP contribution < -0.4 is 5.32 Å². The molecule has 0 radical (unpaired) electrons. The highest BCUT2D eigenvalue weighted by Crippen LogP contribution is 2.24. The van der Waals surface area contributed by atoms with Crippen LogP contribution in [0.15, 0.2) is 41.4 Å². The van der Waals surface area contributed by atoms with Gasteiger partial charge in [-0.05, 0) is 30.3 Å². The largest absolute Gasteiger partial charge is 0.337 e. The Labute approximate surface area is 108 Å². The standard InChI is InChI=1S/C12H9FN4S/c13-8-4-3-7(6-10(8)18)15-12-11-9(16-17-12)2-1-5-14-11/h1-6,18H,(H2,15,16,17). The summed E-state index contributed by atoms with van der Waals surface area (Å²) in [5.41, 5.74) is 2.29. The fourth-order valence-electron chi connectivity index (χ4n) is 1.67. The first kappa shape index (κ1) is 11.0. The number of benzene rings is 1. The first-order valence-corrected chi connectivity index (χ1v) is 5.73. The molecule has 0 saturated heterocycles. The van der Waals surface area contributed by atoms with Crippen molar-refractivity contribution in [1.29, 1.82) is 0 Å². The number of anilines is 2. The average Bonchev–Trinajstić information content (AvgIpc) is 2.78. The van der Waals surface area contributed by atoms with Gasteiger partial charge in [0.2, 0.25) is 0 Å². The van der Waals surface area contributed by atoms with Gasteiger partial charge in [0.05, 0.1) is 5.52 Å². The number of nitrogens with zero attached hydrogens (tertiary/aromatic N) is 2. The summed E-state index contributed by atoms with van der Waals surface area (Å²) in [6.07, 6.45) is 1.69. The van der Waals surface area contributed by atoms with Gasteiger partial charge in [0.15, 0.2) is 5.82 Å². The maximum Gasteiger partial charge on any atom is 0.178 e. The van der Waals surface area contributed by atoms with Crippen LogP contribution in [-0.2, 0) is 0 Å². The van der Waals surface area contributed by atoms with E-state index in [1.54, 1.807) is 18.3 Å². The van der Waals surface area contributed by atoms with E-state index in [1.807, 2.05) is 12.1 Å². The van der Waals surface area contributed by atoms with Crippen LogP contribution in [-0.4, -0.2) is 15.2 Å². The van der Waals surface area contributed by atoms with Crippen LogP contribution in [0.3, 0.4) is 0 Å². The Bertz CT molecular complexity index is 710. The molecule has 1 aromatic carbocycles. The smallest absolute Gasteiger partial charge is 0.178 e. The number of nitrogens with one attached hydrogen (secondary N) is 2. The van der Waals surface area contributed by atoms with Crippen molar-refractivity contribution in [2.24, 2.45) is 0 Å². The van der Waals surface area contributed by atoms with Crippen molar-refractivity contribution in [3.63, 3.8) is 0 Å². The molecule has 0 saturated carbocycles. The number of aromatic nitrogens is 3. The zero-order valence-electron chi connectivity index (χ0n) is 9.18. The molecule has 0 unspecified atom stereocenters. The summed E-state index contributed by atoms with van der Waals surface area (Å²) >= 11 is 4.03. The van der Waals surface area contributed by atoms with Gasteiger partial charge in [-0.2, -0.15) is 5.10 Å². The van der Waals surface area contributed by atoms with Gasteiger partial charge in [0.25, 0.3) is 0 Å². The Morgan fingerprint density at radius 2 is 2.17 bits per heavy atom. The summed E-state index contributed by atoms with van der Waals surface area (Å²) in [6.45, 7) is 0. The number of pyridine rings is 1. The molecule has 0 bridgehead atoms. The number of fused-ring (bicyclic) bond motifs is 1. The number of halogens is 1. The molecule has 0 fully saturated rings. The first-order chi connectivity index (χ1) is 8.74. The fourth-order valence-corrected chi connectivity index (χ4v) is 1.88. The molecule has 0 aliphatic rings. The Hall–Kier alpha value is -2.08. The summed E-state index contributed by atoms with van der Waals surface area (Å²) < 4.78 is 13.1. The Kier molecular flexibility index (Phi) is 2.64. The molecule has 2 N–H and O–H groups in total. The van der Waals surface area contributed by atoms with Gasteiger partial charge in [-0.15, -0.1) is 12.6 Å². The molecule has 90 valence electrons. The van der Waals surface area contributed by atoms with Crippen molar-refractivity contribution in [3.05, 3.63) is 42.3 Å². The SMILES string of the molecule is Fc1ccc(Nc2n[nH]c3cccnc23)cc1S. The summed E-state index contributed by atoms with van der Waals surface area (Å²) in [6, 6.07) is 8.29. The molecule has 18 heavy (non-hydrogen) atoms. The summed E-state index contributed by atoms with van der Waals surface area (Å²) in [5.74, 6) is 0.249. The lowest BCUT2D eigenvalue weighted by atomic mass is 10.3. The monoisotopic (exact) mass is 260 g/mol. The van der Waals surface area contributed by atoms with E-state index < -0.39 is 0 Å². The van der Waals surface area contributed by atoms with Gasteiger partial charge >= 0.3 is 0 Å². The molecule has 4 nitrogen and oxygen atoms in total. The van der Waals surface area contributed by atoms with Gasteiger partial charge in [-0.1, -0.05) is 0 Å². The third kappa shape index (κ3) is 1.91. The number of thiol groups is 1. The normalized spacial score (nSPS) is 10.8. The highest BCUT2D eigenvalue weighted by Gasteiger charge is 2.07. The van der Waals surface area contributed by atoms with Gasteiger partial charge in [-0.3, -0.25) is 10.1 Å². The first-order valence-electron chi connectivity index (χ1n) is 5.28. The molecule has 0 aliphatic carbocycles. The van der Waals surface area contributed by atoms with E-state index in [9.17, 15) is 4.39 Å². The second-order valence-electron chi connectivity index (χ2n) is 3.76. The van der Waals surface area contributed by atoms with Crippen LogP contribution in [0.25, 0.3) is 11.0 Å². The van der Waals surface area contributed by atoms with Crippen LogP contribution in [0, 0.1) is 5.82 Å². The molecule has 0 atom stereocenters. The van der Waals surface area contributed by atoms with Gasteiger partial charge in [0.1, 0.15) is 11.3 Å². The predicted octanol–water partition coefficient (Wildman–Crippen LogP) is 3.13. The Balaban J connectivity index is 1.98. The molecular formula is C12H9FN4S. The number of hydrogen-bond acceptors (Lipinski definition) is 4. The quantitative estimate of drug-likeness (QED) is 0.620. The second kappa shape index (κ2) is 4.30. The van der Waals surface area contributed by atoms with Crippen molar-refractivity contribution < 1.29 is 4.39 Å². The minimum Gasteiger partial charge on any atom is -0.337 e. The summed E-state index contributed by atoms with van der Waals surface area (Å²) in [7, 11) is 0. The lowest BCUT2D eigenvalue weighted by Gasteiger charge is -2.04. The molecule has 6 heteroatoms. The number of H-pyrrole nitrogens is 1. The predicted molar refractivity (Wildman–Crippen MR) is 70.8 cm³/mol. The highest BCUT2D eigenvalue weighted by molar-refractivity contribution is 7.80. The fraction of sp³-hybridized carbons (Fsp3) is 0. The van der Waals surface area contributed by atoms with Crippen LogP contribution >= 0.6 is 12.6 Å². The molecule has 3 rings (SSSR count). The van der Waals surface area contributed by atoms with Gasteiger partial charge < -0.3 is 5.32 Å². The number of rotatable bonds is 2. The van der Waals surface area contributed by atoms with Crippen LogP contribution in [0.2, 0.25) is 0 Å².